The van der Waals surface area contributed by atoms with Crippen LogP contribution >= 0.6 is 23.5 Å². The van der Waals surface area contributed by atoms with Gasteiger partial charge in [-0.25, -0.2) is 0 Å². The van der Waals surface area contributed by atoms with Crippen LogP contribution in [0.3, 0.4) is 0 Å². The third-order valence-corrected chi connectivity index (χ3v) is 8.18. The minimum absolute atomic E-state index is 0.0502. The number of carbonyl (C=O) groups excluding carboxylic acids is 1. The van der Waals surface area contributed by atoms with Crippen molar-refractivity contribution < 1.29 is 9.36 Å². The summed E-state index contributed by atoms with van der Waals surface area (Å²) in [5, 5.41) is 1.85. The van der Waals surface area contributed by atoms with E-state index in [0.717, 1.165) is 48.3 Å². The molecule has 0 aliphatic carbocycles. The smallest absolute Gasteiger partial charge is 0.338 e. The number of fused-ring (bicyclic) bond motifs is 1. The van der Waals surface area contributed by atoms with Crippen LogP contribution in [0.1, 0.15) is 11.4 Å². The Kier molecular flexibility index (Phi) is 6.63. The molecular formula is C26H28N5OS2+. The van der Waals surface area contributed by atoms with Gasteiger partial charge in [-0.05, 0) is 43.2 Å². The van der Waals surface area contributed by atoms with Gasteiger partial charge in [0.15, 0.2) is 5.69 Å². The van der Waals surface area contributed by atoms with Crippen molar-refractivity contribution in [2.24, 2.45) is 0 Å². The predicted molar refractivity (Wildman–Crippen MR) is 140 cm³/mol. The molecule has 2 aliphatic heterocycles. The van der Waals surface area contributed by atoms with Crippen LogP contribution in [0.4, 0.5) is 10.5 Å². The molecule has 3 aromatic rings. The Morgan fingerprint density at radius 1 is 1.03 bits per heavy atom. The lowest BCUT2D eigenvalue weighted by Crippen LogP contribution is -2.46. The molecule has 6 nitrogen and oxygen atoms in total. The maximum atomic E-state index is 13.2. The van der Waals surface area contributed by atoms with Crippen molar-refractivity contribution in [2.75, 3.05) is 45.2 Å². The number of amides is 1. The van der Waals surface area contributed by atoms with Crippen LogP contribution < -0.4 is 9.47 Å². The van der Waals surface area contributed by atoms with Crippen LogP contribution in [0.2, 0.25) is 0 Å². The molecule has 0 spiro atoms. The molecule has 0 radical (unpaired) electrons. The molecule has 174 valence electrons. The molecule has 1 saturated heterocycles. The number of para-hydroxylation sites is 2. The Bertz CT molecular complexity index is 1240. The largest absolute Gasteiger partial charge is 0.374 e. The Balaban J connectivity index is 1.50. The standard InChI is InChI=1S/C26H28N5OS2/c1-19-17-20(18-24-29(3)22-11-7-8-12-23(22)33-24)27-25(31(19)21-9-5-4-6-10-21)34-26(32)30-15-13-28(2)14-16-30/h4-12,17-18H,13-16H2,1-3H3/q+1. The summed E-state index contributed by atoms with van der Waals surface area (Å²) in [5.74, 6) is 0. The SMILES string of the molecule is Cc1cc(/C=C2\Sc3ccccc3N2C)nc(SC(=O)N2CCN(C)CC2)[n+]1-c1ccccc1. The van der Waals surface area contributed by atoms with Gasteiger partial charge in [0, 0.05) is 50.3 Å². The molecule has 8 heteroatoms. The highest BCUT2D eigenvalue weighted by molar-refractivity contribution is 8.13. The number of thioether (sulfide) groups is 2. The quantitative estimate of drug-likeness (QED) is 0.302. The van der Waals surface area contributed by atoms with Crippen LogP contribution in [-0.2, 0) is 0 Å². The van der Waals surface area contributed by atoms with E-state index in [0.29, 0.717) is 5.16 Å². The molecule has 3 heterocycles. The fourth-order valence-corrected chi connectivity index (χ4v) is 6.22. The minimum Gasteiger partial charge on any atom is -0.338 e. The van der Waals surface area contributed by atoms with Crippen LogP contribution in [-0.4, -0.2) is 60.3 Å². The van der Waals surface area contributed by atoms with E-state index in [1.807, 2.05) is 23.1 Å². The van der Waals surface area contributed by atoms with Gasteiger partial charge in [0.2, 0.25) is 0 Å². The molecule has 0 bridgehead atoms. The lowest BCUT2D eigenvalue weighted by atomic mass is 10.2. The zero-order valence-corrected chi connectivity index (χ0v) is 21.3. The van der Waals surface area contributed by atoms with Crippen molar-refractivity contribution >= 4 is 40.5 Å². The molecule has 1 aromatic heterocycles. The van der Waals surface area contributed by atoms with Crippen molar-refractivity contribution in [3.8, 4) is 5.69 Å². The molecule has 0 atom stereocenters. The lowest BCUT2D eigenvalue weighted by molar-refractivity contribution is -0.647. The van der Waals surface area contributed by atoms with E-state index in [9.17, 15) is 4.79 Å². The molecular weight excluding hydrogens is 462 g/mol. The minimum atomic E-state index is 0.0502. The molecule has 0 unspecified atom stereocenters. The summed E-state index contributed by atoms with van der Waals surface area (Å²) in [6.45, 7) is 5.36. The number of anilines is 1. The Morgan fingerprint density at radius 2 is 1.74 bits per heavy atom. The number of rotatable bonds is 3. The van der Waals surface area contributed by atoms with Gasteiger partial charge in [-0.2, -0.15) is 4.57 Å². The van der Waals surface area contributed by atoms with Gasteiger partial charge in [-0.3, -0.25) is 4.79 Å². The van der Waals surface area contributed by atoms with Gasteiger partial charge in [0.05, 0.1) is 22.5 Å². The molecule has 0 N–H and O–H groups in total. The first-order valence-corrected chi connectivity index (χ1v) is 13.0. The average molecular weight is 491 g/mol. The average Bonchev–Trinajstić information content (AvgIpc) is 3.15. The Labute approximate surface area is 209 Å². The summed E-state index contributed by atoms with van der Waals surface area (Å²) in [7, 11) is 4.17. The van der Waals surface area contributed by atoms with Crippen LogP contribution in [0.5, 0.6) is 0 Å². The number of likely N-dealkylation sites (N-methyl/N-ethyl adjacent to an activating group) is 1. The Morgan fingerprint density at radius 3 is 2.47 bits per heavy atom. The molecule has 1 amide bonds. The topological polar surface area (TPSA) is 43.6 Å². The number of aryl methyl sites for hydroxylation is 1. The van der Waals surface area contributed by atoms with E-state index in [1.165, 1.54) is 22.3 Å². The fourth-order valence-electron chi connectivity index (χ4n) is 4.16. The summed E-state index contributed by atoms with van der Waals surface area (Å²) < 4.78 is 2.07. The zero-order valence-electron chi connectivity index (χ0n) is 19.6. The number of nitrogens with zero attached hydrogens (tertiary/aromatic N) is 5. The molecule has 1 fully saturated rings. The molecule has 2 aliphatic rings. The molecule has 34 heavy (non-hydrogen) atoms. The number of hydrogen-bond donors (Lipinski definition) is 0. The second kappa shape index (κ2) is 9.82. The van der Waals surface area contributed by atoms with Gasteiger partial charge in [-0.1, -0.05) is 42.1 Å². The van der Waals surface area contributed by atoms with Gasteiger partial charge >= 0.3 is 5.16 Å². The van der Waals surface area contributed by atoms with Crippen molar-refractivity contribution in [1.29, 1.82) is 0 Å². The monoisotopic (exact) mass is 490 g/mol. The first-order chi connectivity index (χ1) is 16.5. The second-order valence-electron chi connectivity index (χ2n) is 8.55. The third-order valence-electron chi connectivity index (χ3n) is 6.12. The van der Waals surface area contributed by atoms with Gasteiger partial charge in [-0.15, -0.1) is 0 Å². The van der Waals surface area contributed by atoms with Gasteiger partial charge in [0.1, 0.15) is 11.4 Å². The second-order valence-corrected chi connectivity index (χ2v) is 10.5. The van der Waals surface area contributed by atoms with Crippen molar-refractivity contribution in [1.82, 2.24) is 14.8 Å². The van der Waals surface area contributed by atoms with Crippen LogP contribution in [0.25, 0.3) is 11.8 Å². The summed E-state index contributed by atoms with van der Waals surface area (Å²) >= 11 is 2.96. The van der Waals surface area contributed by atoms with E-state index in [1.54, 1.807) is 11.8 Å². The highest BCUT2D eigenvalue weighted by atomic mass is 32.2. The number of hydrogen-bond acceptors (Lipinski definition) is 6. The highest BCUT2D eigenvalue weighted by Gasteiger charge is 2.29. The van der Waals surface area contributed by atoms with Crippen molar-refractivity contribution in [3.63, 3.8) is 0 Å². The van der Waals surface area contributed by atoms with Crippen LogP contribution in [0, 0.1) is 6.92 Å². The molecule has 0 saturated carbocycles. The number of piperazine rings is 1. The predicted octanol–water partition coefficient (Wildman–Crippen LogP) is 4.67. The van der Waals surface area contributed by atoms with Crippen molar-refractivity contribution in [2.45, 2.75) is 17.0 Å². The van der Waals surface area contributed by atoms with E-state index in [-0.39, 0.29) is 5.24 Å². The normalized spacial score (nSPS) is 17.3. The van der Waals surface area contributed by atoms with Gasteiger partial charge < -0.3 is 14.7 Å². The molecule has 2 aromatic carbocycles. The summed E-state index contributed by atoms with van der Waals surface area (Å²) in [6, 6.07) is 20.6. The highest BCUT2D eigenvalue weighted by Crippen LogP contribution is 2.45. The van der Waals surface area contributed by atoms with E-state index >= 15 is 0 Å². The maximum Gasteiger partial charge on any atom is 0.374 e. The Hall–Kier alpha value is -2.81. The summed E-state index contributed by atoms with van der Waals surface area (Å²) in [6.07, 6.45) is 2.11. The summed E-state index contributed by atoms with van der Waals surface area (Å²) in [5.41, 5.74) is 4.08. The molecule has 5 rings (SSSR count). The number of carbonyl (C=O) groups is 1. The number of benzene rings is 2. The third kappa shape index (κ3) is 4.71. The zero-order chi connectivity index (χ0) is 23.7. The van der Waals surface area contributed by atoms with Crippen LogP contribution in [0.15, 0.2) is 75.7 Å². The number of aromatic nitrogens is 2. The fraction of sp³-hybridized carbons (Fsp3) is 0.269. The summed E-state index contributed by atoms with van der Waals surface area (Å²) in [4.78, 5) is 25.8. The lowest BCUT2D eigenvalue weighted by Gasteiger charge is -2.31. The van der Waals surface area contributed by atoms with E-state index in [2.05, 4.69) is 83.9 Å². The van der Waals surface area contributed by atoms with Gasteiger partial charge in [0.25, 0.3) is 5.24 Å². The first-order valence-electron chi connectivity index (χ1n) is 11.4. The van der Waals surface area contributed by atoms with Crippen molar-refractivity contribution in [3.05, 3.63) is 77.1 Å². The van der Waals surface area contributed by atoms with E-state index in [4.69, 9.17) is 4.98 Å². The van der Waals surface area contributed by atoms with E-state index < -0.39 is 0 Å². The maximum absolute atomic E-state index is 13.2. The first kappa shape index (κ1) is 23.0.